The van der Waals surface area contributed by atoms with Crippen molar-refractivity contribution in [1.29, 1.82) is 0 Å². The van der Waals surface area contributed by atoms with Gasteiger partial charge in [-0.3, -0.25) is 4.79 Å². The van der Waals surface area contributed by atoms with Gasteiger partial charge in [-0.15, -0.1) is 0 Å². The third-order valence-electron chi connectivity index (χ3n) is 3.37. The third-order valence-corrected chi connectivity index (χ3v) is 3.37. The van der Waals surface area contributed by atoms with E-state index in [0.29, 0.717) is 12.0 Å². The van der Waals surface area contributed by atoms with Gasteiger partial charge in [-0.05, 0) is 26.2 Å². The predicted molar refractivity (Wildman–Crippen MR) is 57.8 cm³/mol. The molecule has 1 fully saturated rings. The van der Waals surface area contributed by atoms with Gasteiger partial charge in [-0.25, -0.2) is 0 Å². The van der Waals surface area contributed by atoms with Crippen molar-refractivity contribution in [3.63, 3.8) is 0 Å². The maximum absolute atomic E-state index is 10.7. The first kappa shape index (κ1) is 12.5. The van der Waals surface area contributed by atoms with Crippen LogP contribution in [0.5, 0.6) is 0 Å². The second kappa shape index (κ2) is 5.47. The Labute approximate surface area is 91.0 Å². The summed E-state index contributed by atoms with van der Waals surface area (Å²) in [5.74, 6) is -0.568. The summed E-state index contributed by atoms with van der Waals surface area (Å²) in [5.41, 5.74) is 0. The Morgan fingerprint density at radius 2 is 2.27 bits per heavy atom. The highest BCUT2D eigenvalue weighted by molar-refractivity contribution is 5.70. The van der Waals surface area contributed by atoms with Crippen LogP contribution >= 0.6 is 0 Å². The van der Waals surface area contributed by atoms with Crippen molar-refractivity contribution in [3.05, 3.63) is 0 Å². The highest BCUT2D eigenvalue weighted by atomic mass is 16.5. The largest absolute Gasteiger partial charge is 0.481 e. The SMILES string of the molecule is CC(NCC1CCOC1C)C(C)C(=O)O. The van der Waals surface area contributed by atoms with Crippen LogP contribution in [0.1, 0.15) is 27.2 Å². The van der Waals surface area contributed by atoms with Crippen molar-refractivity contribution in [3.8, 4) is 0 Å². The van der Waals surface area contributed by atoms with Gasteiger partial charge in [-0.1, -0.05) is 6.92 Å². The number of carboxylic acids is 1. The Morgan fingerprint density at radius 1 is 1.60 bits per heavy atom. The van der Waals surface area contributed by atoms with E-state index >= 15 is 0 Å². The average molecular weight is 215 g/mol. The first-order valence-corrected chi connectivity index (χ1v) is 5.60. The van der Waals surface area contributed by atoms with Crippen molar-refractivity contribution < 1.29 is 14.6 Å². The fourth-order valence-electron chi connectivity index (χ4n) is 1.77. The molecule has 1 aliphatic heterocycles. The van der Waals surface area contributed by atoms with E-state index in [9.17, 15) is 4.79 Å². The average Bonchev–Trinajstić information content (AvgIpc) is 2.59. The Balaban J connectivity index is 2.27. The Hall–Kier alpha value is -0.610. The van der Waals surface area contributed by atoms with Gasteiger partial charge >= 0.3 is 5.97 Å². The molecule has 4 heteroatoms. The molecule has 0 aromatic carbocycles. The second-order valence-corrected chi connectivity index (χ2v) is 4.45. The molecule has 4 atom stereocenters. The van der Waals surface area contributed by atoms with Crippen LogP contribution in [0.4, 0.5) is 0 Å². The quantitative estimate of drug-likeness (QED) is 0.721. The van der Waals surface area contributed by atoms with Crippen molar-refractivity contribution >= 4 is 5.97 Å². The maximum Gasteiger partial charge on any atom is 0.307 e. The molecule has 0 saturated carbocycles. The van der Waals surface area contributed by atoms with E-state index in [1.807, 2.05) is 6.92 Å². The minimum absolute atomic E-state index is 0.00954. The molecule has 4 unspecified atom stereocenters. The minimum Gasteiger partial charge on any atom is -0.481 e. The third kappa shape index (κ3) is 3.47. The lowest BCUT2D eigenvalue weighted by molar-refractivity contribution is -0.141. The summed E-state index contributed by atoms with van der Waals surface area (Å²) in [6, 6.07) is 0.00954. The standard InChI is InChI=1S/C11H21NO3/c1-7(11(13)14)8(2)12-6-10-4-5-15-9(10)3/h7-10,12H,4-6H2,1-3H3,(H,13,14). The van der Waals surface area contributed by atoms with Crippen molar-refractivity contribution in [2.24, 2.45) is 11.8 Å². The number of carbonyl (C=O) groups is 1. The molecule has 0 spiro atoms. The number of hydrogen-bond donors (Lipinski definition) is 2. The molecule has 1 aliphatic rings. The summed E-state index contributed by atoms with van der Waals surface area (Å²) in [6.07, 6.45) is 1.37. The lowest BCUT2D eigenvalue weighted by Crippen LogP contribution is -2.39. The van der Waals surface area contributed by atoms with Crippen molar-refractivity contribution in [2.45, 2.75) is 39.3 Å². The number of carboxylic acid groups (broad SMARTS) is 1. The lowest BCUT2D eigenvalue weighted by Gasteiger charge is -2.21. The van der Waals surface area contributed by atoms with E-state index in [-0.39, 0.29) is 12.0 Å². The molecule has 0 aromatic heterocycles. The molecule has 1 rings (SSSR count). The van der Waals surface area contributed by atoms with Crippen LogP contribution < -0.4 is 5.32 Å². The van der Waals surface area contributed by atoms with Gasteiger partial charge in [-0.2, -0.15) is 0 Å². The zero-order valence-electron chi connectivity index (χ0n) is 9.69. The van der Waals surface area contributed by atoms with Crippen LogP contribution in [0.2, 0.25) is 0 Å². The summed E-state index contributed by atoms with van der Waals surface area (Å²) in [6.45, 7) is 7.40. The molecule has 0 bridgehead atoms. The molecule has 15 heavy (non-hydrogen) atoms. The van der Waals surface area contributed by atoms with Crippen LogP contribution in [-0.4, -0.2) is 36.4 Å². The molecule has 88 valence electrons. The number of nitrogens with one attached hydrogen (secondary N) is 1. The molecule has 1 saturated heterocycles. The van der Waals surface area contributed by atoms with E-state index in [2.05, 4.69) is 12.2 Å². The van der Waals surface area contributed by atoms with E-state index in [1.165, 1.54) is 0 Å². The van der Waals surface area contributed by atoms with Gasteiger partial charge in [0.2, 0.25) is 0 Å². The van der Waals surface area contributed by atoms with Crippen LogP contribution in [0.15, 0.2) is 0 Å². The minimum atomic E-state index is -0.745. The summed E-state index contributed by atoms with van der Waals surface area (Å²) in [5, 5.41) is 12.1. The smallest absolute Gasteiger partial charge is 0.307 e. The number of rotatable bonds is 5. The molecule has 0 aliphatic carbocycles. The van der Waals surface area contributed by atoms with E-state index < -0.39 is 5.97 Å². The topological polar surface area (TPSA) is 58.6 Å². The van der Waals surface area contributed by atoms with E-state index in [0.717, 1.165) is 19.6 Å². The lowest BCUT2D eigenvalue weighted by atomic mass is 10.00. The Kier molecular flexibility index (Phi) is 4.54. The normalized spacial score (nSPS) is 30.1. The van der Waals surface area contributed by atoms with Crippen LogP contribution in [0.3, 0.4) is 0 Å². The highest BCUT2D eigenvalue weighted by Gasteiger charge is 2.26. The van der Waals surface area contributed by atoms with Gasteiger partial charge in [0, 0.05) is 19.2 Å². The van der Waals surface area contributed by atoms with Crippen molar-refractivity contribution in [1.82, 2.24) is 5.32 Å². The molecular formula is C11H21NO3. The predicted octanol–water partition coefficient (Wildman–Crippen LogP) is 1.11. The zero-order valence-corrected chi connectivity index (χ0v) is 9.69. The zero-order chi connectivity index (χ0) is 11.4. The molecule has 4 nitrogen and oxygen atoms in total. The first-order chi connectivity index (χ1) is 7.02. The summed E-state index contributed by atoms with van der Waals surface area (Å²) >= 11 is 0. The number of aliphatic carboxylic acids is 1. The van der Waals surface area contributed by atoms with Crippen LogP contribution in [-0.2, 0) is 9.53 Å². The van der Waals surface area contributed by atoms with Gasteiger partial charge < -0.3 is 15.2 Å². The summed E-state index contributed by atoms with van der Waals surface area (Å²) in [7, 11) is 0. The van der Waals surface area contributed by atoms with Gasteiger partial charge in [0.05, 0.1) is 12.0 Å². The van der Waals surface area contributed by atoms with Crippen molar-refractivity contribution in [2.75, 3.05) is 13.2 Å². The van der Waals surface area contributed by atoms with E-state index in [4.69, 9.17) is 9.84 Å². The van der Waals surface area contributed by atoms with E-state index in [1.54, 1.807) is 6.92 Å². The van der Waals surface area contributed by atoms with Crippen LogP contribution in [0.25, 0.3) is 0 Å². The van der Waals surface area contributed by atoms with Gasteiger partial charge in [0.25, 0.3) is 0 Å². The molecule has 1 heterocycles. The number of hydrogen-bond acceptors (Lipinski definition) is 3. The van der Waals surface area contributed by atoms with Crippen LogP contribution in [0, 0.1) is 11.8 Å². The fourth-order valence-corrected chi connectivity index (χ4v) is 1.77. The molecule has 0 aromatic rings. The second-order valence-electron chi connectivity index (χ2n) is 4.45. The highest BCUT2D eigenvalue weighted by Crippen LogP contribution is 2.19. The first-order valence-electron chi connectivity index (χ1n) is 5.60. The Bertz CT molecular complexity index is 220. The Morgan fingerprint density at radius 3 is 2.73 bits per heavy atom. The molecule has 2 N–H and O–H groups in total. The molecular weight excluding hydrogens is 194 g/mol. The van der Waals surface area contributed by atoms with Gasteiger partial charge in [0.15, 0.2) is 0 Å². The summed E-state index contributed by atoms with van der Waals surface area (Å²) in [4.78, 5) is 10.7. The summed E-state index contributed by atoms with van der Waals surface area (Å²) < 4.78 is 5.45. The van der Waals surface area contributed by atoms with Gasteiger partial charge in [0.1, 0.15) is 0 Å². The monoisotopic (exact) mass is 215 g/mol. The molecule has 0 radical (unpaired) electrons. The molecule has 0 amide bonds. The fraction of sp³-hybridized carbons (Fsp3) is 0.909. The number of ether oxygens (including phenoxy) is 1. The maximum atomic E-state index is 10.7.